The van der Waals surface area contributed by atoms with Crippen molar-refractivity contribution >= 4 is 5.91 Å². The number of carbonyl (C=O) groups is 1. The van der Waals surface area contributed by atoms with Gasteiger partial charge in [0.2, 0.25) is 11.8 Å². The molecule has 3 aromatic rings. The predicted molar refractivity (Wildman–Crippen MR) is 113 cm³/mol. The van der Waals surface area contributed by atoms with Gasteiger partial charge in [-0.2, -0.15) is 0 Å². The Kier molecular flexibility index (Phi) is 5.30. The summed E-state index contributed by atoms with van der Waals surface area (Å²) in [6, 6.07) is 12.2. The summed E-state index contributed by atoms with van der Waals surface area (Å²) in [6.07, 6.45) is 8.90. The van der Waals surface area contributed by atoms with Crippen molar-refractivity contribution < 1.29 is 9.21 Å². The van der Waals surface area contributed by atoms with Crippen molar-refractivity contribution in [1.29, 1.82) is 0 Å². The summed E-state index contributed by atoms with van der Waals surface area (Å²) in [5.41, 5.74) is 4.68. The van der Waals surface area contributed by atoms with Gasteiger partial charge in [-0.15, -0.1) is 10.2 Å². The van der Waals surface area contributed by atoms with E-state index in [-0.39, 0.29) is 11.8 Å². The highest BCUT2D eigenvalue weighted by Gasteiger charge is 2.28. The number of fused-ring (bicyclic) bond motifs is 1. The second-order valence-corrected chi connectivity index (χ2v) is 8.33. The molecular weight excluding hydrogens is 376 g/mol. The van der Waals surface area contributed by atoms with Crippen molar-refractivity contribution in [2.75, 3.05) is 13.1 Å². The van der Waals surface area contributed by atoms with Crippen LogP contribution >= 0.6 is 0 Å². The third-order valence-electron chi connectivity index (χ3n) is 6.22. The monoisotopic (exact) mass is 402 g/mol. The quantitative estimate of drug-likeness (QED) is 0.661. The van der Waals surface area contributed by atoms with Crippen LogP contribution in [0.2, 0.25) is 0 Å². The molecule has 1 aromatic carbocycles. The second-order valence-electron chi connectivity index (χ2n) is 8.33. The molecule has 5 rings (SSSR count). The summed E-state index contributed by atoms with van der Waals surface area (Å²) in [5, 5.41) is 8.41. The van der Waals surface area contributed by atoms with Crippen LogP contribution in [0.5, 0.6) is 0 Å². The second kappa shape index (κ2) is 8.38. The molecular formula is C24H26N4O2. The van der Waals surface area contributed by atoms with Crippen LogP contribution in [-0.2, 0) is 24.1 Å². The van der Waals surface area contributed by atoms with Crippen LogP contribution in [0.15, 0.2) is 47.0 Å². The minimum atomic E-state index is 0.0798. The first-order chi connectivity index (χ1) is 14.8. The van der Waals surface area contributed by atoms with E-state index in [1.807, 2.05) is 23.1 Å². The molecule has 0 N–H and O–H groups in total. The number of carbonyl (C=O) groups excluding carboxylic acids is 1. The molecule has 1 atom stereocenters. The summed E-state index contributed by atoms with van der Waals surface area (Å²) in [5.74, 6) is 1.29. The molecule has 2 aliphatic rings. The SMILES string of the molecule is O=C(Cc1ccc2c(c1)CCCC2)N1CCC[C@H](c2nnc(-c3ccccn3)o2)C1. The molecule has 154 valence electrons. The molecule has 0 bridgehead atoms. The molecule has 3 heterocycles. The molecule has 1 saturated heterocycles. The fourth-order valence-electron chi connectivity index (χ4n) is 4.58. The molecule has 0 spiro atoms. The molecule has 0 unspecified atom stereocenters. The maximum absolute atomic E-state index is 13.0. The van der Waals surface area contributed by atoms with Gasteiger partial charge in [0.05, 0.1) is 12.3 Å². The van der Waals surface area contributed by atoms with Crippen LogP contribution in [-0.4, -0.2) is 39.1 Å². The Morgan fingerprint density at radius 1 is 1.07 bits per heavy atom. The topological polar surface area (TPSA) is 72.1 Å². The van der Waals surface area contributed by atoms with E-state index in [1.54, 1.807) is 6.20 Å². The van der Waals surface area contributed by atoms with E-state index in [0.717, 1.165) is 31.4 Å². The molecule has 1 amide bonds. The zero-order chi connectivity index (χ0) is 20.3. The standard InChI is InChI=1S/C24H26N4O2/c29-22(15-17-10-11-18-6-1-2-7-19(18)14-17)28-13-5-8-20(16-28)23-26-27-24(30-23)21-9-3-4-12-25-21/h3-4,9-12,14,20H,1-2,5-8,13,15-16H2/t20-/m0/s1. The fraction of sp³-hybridized carbons (Fsp3) is 0.417. The molecule has 1 fully saturated rings. The van der Waals surface area contributed by atoms with Gasteiger partial charge in [-0.3, -0.25) is 9.78 Å². The maximum atomic E-state index is 13.0. The minimum Gasteiger partial charge on any atom is -0.419 e. The van der Waals surface area contributed by atoms with Gasteiger partial charge in [-0.05, 0) is 67.3 Å². The summed E-state index contributed by atoms with van der Waals surface area (Å²) in [7, 11) is 0. The van der Waals surface area contributed by atoms with Crippen LogP contribution in [0, 0.1) is 0 Å². The third kappa shape index (κ3) is 3.99. The van der Waals surface area contributed by atoms with Crippen LogP contribution in [0.3, 0.4) is 0 Å². The van der Waals surface area contributed by atoms with Gasteiger partial charge in [-0.1, -0.05) is 24.3 Å². The Morgan fingerprint density at radius 2 is 1.97 bits per heavy atom. The van der Waals surface area contributed by atoms with E-state index in [9.17, 15) is 4.79 Å². The van der Waals surface area contributed by atoms with Gasteiger partial charge in [0.25, 0.3) is 5.89 Å². The lowest BCUT2D eigenvalue weighted by molar-refractivity contribution is -0.131. The number of hydrogen-bond acceptors (Lipinski definition) is 5. The van der Waals surface area contributed by atoms with Crippen molar-refractivity contribution in [3.05, 3.63) is 65.2 Å². The molecule has 6 nitrogen and oxygen atoms in total. The smallest absolute Gasteiger partial charge is 0.266 e. The maximum Gasteiger partial charge on any atom is 0.266 e. The highest BCUT2D eigenvalue weighted by molar-refractivity contribution is 5.79. The van der Waals surface area contributed by atoms with Crippen LogP contribution in [0.4, 0.5) is 0 Å². The number of hydrogen-bond donors (Lipinski definition) is 0. The molecule has 6 heteroatoms. The van der Waals surface area contributed by atoms with Gasteiger partial charge >= 0.3 is 0 Å². The highest BCUT2D eigenvalue weighted by atomic mass is 16.4. The summed E-state index contributed by atoms with van der Waals surface area (Å²) in [4.78, 5) is 19.2. The lowest BCUT2D eigenvalue weighted by atomic mass is 9.90. The van der Waals surface area contributed by atoms with E-state index < -0.39 is 0 Å². The third-order valence-corrected chi connectivity index (χ3v) is 6.22. The normalized spacial score (nSPS) is 18.8. The van der Waals surface area contributed by atoms with Gasteiger partial charge < -0.3 is 9.32 Å². The number of benzene rings is 1. The largest absolute Gasteiger partial charge is 0.419 e. The zero-order valence-electron chi connectivity index (χ0n) is 17.1. The lowest BCUT2D eigenvalue weighted by Crippen LogP contribution is -2.40. The Bertz CT molecular complexity index is 1030. The number of amides is 1. The number of piperidine rings is 1. The van der Waals surface area contributed by atoms with Crippen LogP contribution < -0.4 is 0 Å². The minimum absolute atomic E-state index is 0.0798. The first-order valence-corrected chi connectivity index (χ1v) is 10.9. The molecule has 30 heavy (non-hydrogen) atoms. The first-order valence-electron chi connectivity index (χ1n) is 10.9. The van der Waals surface area contributed by atoms with Gasteiger partial charge in [-0.25, -0.2) is 0 Å². The summed E-state index contributed by atoms with van der Waals surface area (Å²) >= 11 is 0. The van der Waals surface area contributed by atoms with E-state index in [4.69, 9.17) is 4.42 Å². The number of aromatic nitrogens is 3. The summed E-state index contributed by atoms with van der Waals surface area (Å²) < 4.78 is 5.90. The van der Waals surface area contributed by atoms with E-state index in [0.29, 0.717) is 30.4 Å². The van der Waals surface area contributed by atoms with Crippen LogP contribution in [0.1, 0.15) is 54.2 Å². The zero-order valence-corrected chi connectivity index (χ0v) is 17.1. The molecule has 1 aliphatic heterocycles. The Balaban J connectivity index is 1.25. The Morgan fingerprint density at radius 3 is 2.83 bits per heavy atom. The van der Waals surface area contributed by atoms with Gasteiger partial charge in [0.15, 0.2) is 0 Å². The fourth-order valence-corrected chi connectivity index (χ4v) is 4.58. The predicted octanol–water partition coefficient (Wildman–Crippen LogP) is 3.96. The average Bonchev–Trinajstić information content (AvgIpc) is 3.30. The van der Waals surface area contributed by atoms with Crippen molar-refractivity contribution in [3.8, 4) is 11.6 Å². The Labute approximate surface area is 176 Å². The van der Waals surface area contributed by atoms with Gasteiger partial charge in [0, 0.05) is 19.3 Å². The number of nitrogens with zero attached hydrogens (tertiary/aromatic N) is 4. The van der Waals surface area contributed by atoms with Crippen molar-refractivity contribution in [2.24, 2.45) is 0 Å². The first kappa shape index (κ1) is 19.0. The van der Waals surface area contributed by atoms with E-state index in [1.165, 1.54) is 30.4 Å². The lowest BCUT2D eigenvalue weighted by Gasteiger charge is -2.31. The number of pyridine rings is 1. The highest BCUT2D eigenvalue weighted by Crippen LogP contribution is 2.29. The average molecular weight is 402 g/mol. The van der Waals surface area contributed by atoms with Crippen molar-refractivity contribution in [1.82, 2.24) is 20.1 Å². The van der Waals surface area contributed by atoms with Crippen molar-refractivity contribution in [2.45, 2.75) is 50.9 Å². The molecule has 1 aliphatic carbocycles. The Hall–Kier alpha value is -3.02. The molecule has 0 saturated carbocycles. The van der Waals surface area contributed by atoms with Crippen LogP contribution in [0.25, 0.3) is 11.6 Å². The molecule has 2 aromatic heterocycles. The van der Waals surface area contributed by atoms with E-state index >= 15 is 0 Å². The number of likely N-dealkylation sites (tertiary alicyclic amines) is 1. The molecule has 0 radical (unpaired) electrons. The van der Waals surface area contributed by atoms with E-state index in [2.05, 4.69) is 33.4 Å². The van der Waals surface area contributed by atoms with Crippen molar-refractivity contribution in [3.63, 3.8) is 0 Å². The number of rotatable bonds is 4. The summed E-state index contributed by atoms with van der Waals surface area (Å²) in [6.45, 7) is 1.43. The van der Waals surface area contributed by atoms with Gasteiger partial charge in [0.1, 0.15) is 5.69 Å². The number of aryl methyl sites for hydroxylation is 2.